The molecule has 1 N–H and O–H groups in total. The molecule has 0 saturated heterocycles. The molecule has 1 saturated carbocycles. The van der Waals surface area contributed by atoms with Crippen LogP contribution in [0.15, 0.2) is 28.8 Å². The molecule has 0 amide bonds. The van der Waals surface area contributed by atoms with Gasteiger partial charge in [-0.15, -0.1) is 0 Å². The summed E-state index contributed by atoms with van der Waals surface area (Å²) < 4.78 is 10.7. The summed E-state index contributed by atoms with van der Waals surface area (Å²) in [6, 6.07) is 8.82. The number of methoxy groups -OCH3 is 1. The zero-order valence-electron chi connectivity index (χ0n) is 13.4. The third-order valence-electron chi connectivity index (χ3n) is 4.35. The van der Waals surface area contributed by atoms with Gasteiger partial charge in [0.05, 0.1) is 12.1 Å². The molecule has 0 bridgehead atoms. The molecule has 0 radical (unpaired) electrons. The Morgan fingerprint density at radius 3 is 2.68 bits per heavy atom. The van der Waals surface area contributed by atoms with E-state index >= 15 is 0 Å². The van der Waals surface area contributed by atoms with Crippen molar-refractivity contribution < 1.29 is 9.26 Å². The van der Waals surface area contributed by atoms with Crippen LogP contribution in [0, 0.1) is 0 Å². The normalized spacial score (nSPS) is 22.3. The Balaban J connectivity index is 1.62. The minimum absolute atomic E-state index is 0.0546. The van der Waals surface area contributed by atoms with Crippen molar-refractivity contribution in [3.63, 3.8) is 0 Å². The lowest BCUT2D eigenvalue weighted by Crippen LogP contribution is -2.45. The van der Waals surface area contributed by atoms with Gasteiger partial charge in [-0.1, -0.05) is 36.3 Å². The molecule has 1 aromatic carbocycles. The number of nitrogens with zero attached hydrogens (tertiary/aromatic N) is 2. The maximum absolute atomic E-state index is 5.41. The Labute approximate surface area is 131 Å². The second-order valence-corrected chi connectivity index (χ2v) is 5.92. The molecule has 22 heavy (non-hydrogen) atoms. The quantitative estimate of drug-likeness (QED) is 0.888. The van der Waals surface area contributed by atoms with E-state index in [1.165, 1.54) is 5.56 Å². The van der Waals surface area contributed by atoms with Crippen LogP contribution in [0.3, 0.4) is 0 Å². The summed E-state index contributed by atoms with van der Waals surface area (Å²) in [7, 11) is 1.76. The predicted molar refractivity (Wildman–Crippen MR) is 84.5 cm³/mol. The highest BCUT2D eigenvalue weighted by molar-refractivity contribution is 5.54. The van der Waals surface area contributed by atoms with Gasteiger partial charge >= 0.3 is 0 Å². The van der Waals surface area contributed by atoms with E-state index < -0.39 is 0 Å². The highest BCUT2D eigenvalue weighted by atomic mass is 16.5. The first-order chi connectivity index (χ1) is 10.7. The summed E-state index contributed by atoms with van der Waals surface area (Å²) >= 11 is 0. The summed E-state index contributed by atoms with van der Waals surface area (Å²) in [5.74, 6) is 1.28. The van der Waals surface area contributed by atoms with Crippen molar-refractivity contribution in [1.29, 1.82) is 0 Å². The molecule has 1 fully saturated rings. The zero-order valence-corrected chi connectivity index (χ0v) is 13.4. The number of aryl methyl sites for hydroxylation is 1. The van der Waals surface area contributed by atoms with Crippen LogP contribution in [0.4, 0.5) is 0 Å². The number of rotatable bonds is 6. The van der Waals surface area contributed by atoms with Crippen molar-refractivity contribution in [1.82, 2.24) is 15.5 Å². The van der Waals surface area contributed by atoms with E-state index in [1.54, 1.807) is 7.11 Å². The third kappa shape index (κ3) is 3.20. The summed E-state index contributed by atoms with van der Waals surface area (Å²) in [4.78, 5) is 4.52. The van der Waals surface area contributed by atoms with Gasteiger partial charge in [0.25, 0.3) is 0 Å². The molecule has 1 atom stereocenters. The molecule has 3 rings (SSSR count). The second-order valence-electron chi connectivity index (χ2n) is 5.92. The Hall–Kier alpha value is -1.72. The first kappa shape index (κ1) is 15.2. The fourth-order valence-corrected chi connectivity index (χ4v) is 2.74. The maximum Gasteiger partial charge on any atom is 0.243 e. The largest absolute Gasteiger partial charge is 0.381 e. The lowest BCUT2D eigenvalue weighted by atomic mass is 9.89. The number of nitrogens with one attached hydrogen (secondary N) is 1. The van der Waals surface area contributed by atoms with Gasteiger partial charge in [0.2, 0.25) is 11.7 Å². The van der Waals surface area contributed by atoms with Gasteiger partial charge in [-0.25, -0.2) is 0 Å². The van der Waals surface area contributed by atoms with Crippen molar-refractivity contribution in [3.8, 4) is 11.4 Å². The molecular weight excluding hydrogens is 278 g/mol. The zero-order chi connectivity index (χ0) is 15.5. The third-order valence-corrected chi connectivity index (χ3v) is 4.35. The lowest BCUT2D eigenvalue weighted by molar-refractivity contribution is 0.0136. The molecule has 2 aromatic rings. The van der Waals surface area contributed by atoms with Crippen LogP contribution in [0.5, 0.6) is 0 Å². The molecule has 1 unspecified atom stereocenters. The minimum Gasteiger partial charge on any atom is -0.381 e. The van der Waals surface area contributed by atoms with Crippen molar-refractivity contribution in [2.24, 2.45) is 0 Å². The van der Waals surface area contributed by atoms with Crippen LogP contribution in [0.1, 0.15) is 44.2 Å². The molecule has 1 aromatic heterocycles. The highest BCUT2D eigenvalue weighted by Gasteiger charge is 2.31. The number of hydrogen-bond acceptors (Lipinski definition) is 5. The number of hydrogen-bond donors (Lipinski definition) is 1. The van der Waals surface area contributed by atoms with E-state index in [9.17, 15) is 0 Å². The SMILES string of the molecule is CCc1ccc(-c2noc(C(C)NC3CC(OC)C3)n2)cc1. The Bertz CT molecular complexity index is 603. The molecule has 5 heteroatoms. The minimum atomic E-state index is 0.0546. The fraction of sp³-hybridized carbons (Fsp3) is 0.529. The van der Waals surface area contributed by atoms with Crippen LogP contribution in [0.2, 0.25) is 0 Å². The summed E-state index contributed by atoms with van der Waals surface area (Å²) in [6.45, 7) is 4.20. The predicted octanol–water partition coefficient (Wildman–Crippen LogP) is 3.13. The van der Waals surface area contributed by atoms with E-state index in [0.717, 1.165) is 24.8 Å². The van der Waals surface area contributed by atoms with Gasteiger partial charge in [0.1, 0.15) is 0 Å². The average Bonchev–Trinajstić information content (AvgIpc) is 3.00. The number of aromatic nitrogens is 2. The smallest absolute Gasteiger partial charge is 0.243 e. The van der Waals surface area contributed by atoms with Gasteiger partial charge in [-0.2, -0.15) is 4.98 Å². The molecule has 118 valence electrons. The Kier molecular flexibility index (Phi) is 4.55. The van der Waals surface area contributed by atoms with Crippen molar-refractivity contribution in [2.75, 3.05) is 7.11 Å². The Morgan fingerprint density at radius 1 is 1.32 bits per heavy atom. The van der Waals surface area contributed by atoms with Crippen LogP contribution < -0.4 is 5.32 Å². The molecule has 1 aliphatic rings. The van der Waals surface area contributed by atoms with Gasteiger partial charge in [-0.3, -0.25) is 0 Å². The summed E-state index contributed by atoms with van der Waals surface area (Å²) in [5, 5.41) is 7.60. The van der Waals surface area contributed by atoms with Crippen LogP contribution >= 0.6 is 0 Å². The second kappa shape index (κ2) is 6.58. The molecule has 0 aliphatic heterocycles. The Morgan fingerprint density at radius 2 is 2.05 bits per heavy atom. The molecular formula is C17H23N3O2. The molecule has 1 heterocycles. The lowest BCUT2D eigenvalue weighted by Gasteiger charge is -2.35. The van der Waals surface area contributed by atoms with Crippen LogP contribution in [-0.2, 0) is 11.2 Å². The van der Waals surface area contributed by atoms with E-state index in [1.807, 2.05) is 12.1 Å². The van der Waals surface area contributed by atoms with Crippen molar-refractivity contribution in [3.05, 3.63) is 35.7 Å². The van der Waals surface area contributed by atoms with Gasteiger partial charge in [0.15, 0.2) is 0 Å². The van der Waals surface area contributed by atoms with E-state index in [0.29, 0.717) is 23.9 Å². The van der Waals surface area contributed by atoms with Gasteiger partial charge in [0, 0.05) is 18.7 Å². The van der Waals surface area contributed by atoms with Gasteiger partial charge < -0.3 is 14.6 Å². The average molecular weight is 301 g/mol. The highest BCUT2D eigenvalue weighted by Crippen LogP contribution is 2.26. The number of benzene rings is 1. The van der Waals surface area contributed by atoms with E-state index in [2.05, 4.69) is 41.4 Å². The van der Waals surface area contributed by atoms with Crippen LogP contribution in [-0.4, -0.2) is 29.4 Å². The van der Waals surface area contributed by atoms with Gasteiger partial charge in [-0.05, 0) is 31.7 Å². The fourth-order valence-electron chi connectivity index (χ4n) is 2.74. The molecule has 0 spiro atoms. The topological polar surface area (TPSA) is 60.2 Å². The number of ether oxygens (including phenoxy) is 1. The summed E-state index contributed by atoms with van der Waals surface area (Å²) in [5.41, 5.74) is 2.29. The van der Waals surface area contributed by atoms with Crippen LogP contribution in [0.25, 0.3) is 11.4 Å². The van der Waals surface area contributed by atoms with Crippen molar-refractivity contribution in [2.45, 2.75) is 51.3 Å². The van der Waals surface area contributed by atoms with Crippen molar-refractivity contribution >= 4 is 0 Å². The standard InChI is InChI=1S/C17H23N3O2/c1-4-12-5-7-13(8-6-12)16-19-17(22-20-16)11(2)18-14-9-15(10-14)21-3/h5-8,11,14-15,18H,4,9-10H2,1-3H3. The maximum atomic E-state index is 5.41. The summed E-state index contributed by atoms with van der Waals surface area (Å²) in [6.07, 6.45) is 3.50. The first-order valence-corrected chi connectivity index (χ1v) is 7.91. The van der Waals surface area contributed by atoms with E-state index in [-0.39, 0.29) is 6.04 Å². The molecule has 5 nitrogen and oxygen atoms in total. The first-order valence-electron chi connectivity index (χ1n) is 7.91. The molecule has 1 aliphatic carbocycles. The monoisotopic (exact) mass is 301 g/mol. The van der Waals surface area contributed by atoms with E-state index in [4.69, 9.17) is 9.26 Å².